The standard InChI is InChI=1S/C19H16ClN5O2/c1-11-4-2-3-5-14(11)17(27)22-18-23-19-21-16(26)10-15(25(19)24-18)12-6-8-13(20)9-7-12/h2-9,15H,10H2,1H3,(H2,21,22,23,24,26,27)/t15-/m1/s1. The molecule has 0 fully saturated rings. The molecule has 1 aliphatic heterocycles. The lowest BCUT2D eigenvalue weighted by Gasteiger charge is -2.23. The monoisotopic (exact) mass is 381 g/mol. The van der Waals surface area contributed by atoms with Crippen LogP contribution in [0.3, 0.4) is 0 Å². The molecule has 0 aliphatic carbocycles. The first kappa shape index (κ1) is 17.2. The lowest BCUT2D eigenvalue weighted by Crippen LogP contribution is -2.29. The smallest absolute Gasteiger partial charge is 0.258 e. The van der Waals surface area contributed by atoms with Gasteiger partial charge in [0, 0.05) is 10.6 Å². The second kappa shape index (κ2) is 6.85. The van der Waals surface area contributed by atoms with E-state index in [9.17, 15) is 9.59 Å². The average molecular weight is 382 g/mol. The molecule has 0 spiro atoms. The van der Waals surface area contributed by atoms with Gasteiger partial charge >= 0.3 is 0 Å². The Labute approximate surface area is 160 Å². The Hall–Kier alpha value is -3.19. The molecule has 0 saturated heterocycles. The minimum absolute atomic E-state index is 0.138. The number of nitrogens with one attached hydrogen (secondary N) is 2. The van der Waals surface area contributed by atoms with E-state index in [1.165, 1.54) is 0 Å². The number of benzene rings is 2. The summed E-state index contributed by atoms with van der Waals surface area (Å²) < 4.78 is 1.61. The van der Waals surface area contributed by atoms with Crippen LogP contribution in [0.2, 0.25) is 5.02 Å². The topological polar surface area (TPSA) is 88.9 Å². The highest BCUT2D eigenvalue weighted by atomic mass is 35.5. The average Bonchev–Trinajstić information content (AvgIpc) is 3.04. The molecule has 7 nitrogen and oxygen atoms in total. The number of nitrogens with zero attached hydrogens (tertiary/aromatic N) is 3. The van der Waals surface area contributed by atoms with Crippen LogP contribution in [-0.2, 0) is 4.79 Å². The first-order valence-electron chi connectivity index (χ1n) is 8.40. The fraction of sp³-hybridized carbons (Fsp3) is 0.158. The second-order valence-electron chi connectivity index (χ2n) is 6.29. The van der Waals surface area contributed by atoms with Crippen LogP contribution in [0.4, 0.5) is 11.9 Å². The van der Waals surface area contributed by atoms with E-state index in [0.717, 1.165) is 11.1 Å². The zero-order chi connectivity index (χ0) is 19.0. The van der Waals surface area contributed by atoms with Gasteiger partial charge in [-0.05, 0) is 36.2 Å². The van der Waals surface area contributed by atoms with E-state index in [1.807, 2.05) is 31.2 Å². The van der Waals surface area contributed by atoms with Crippen molar-refractivity contribution in [1.29, 1.82) is 0 Å². The maximum Gasteiger partial charge on any atom is 0.258 e. The van der Waals surface area contributed by atoms with Crippen molar-refractivity contribution in [2.24, 2.45) is 0 Å². The quantitative estimate of drug-likeness (QED) is 0.727. The van der Waals surface area contributed by atoms with Crippen molar-refractivity contribution in [1.82, 2.24) is 14.8 Å². The van der Waals surface area contributed by atoms with Gasteiger partial charge in [-0.25, -0.2) is 4.68 Å². The lowest BCUT2D eigenvalue weighted by atomic mass is 10.0. The van der Waals surface area contributed by atoms with Crippen LogP contribution >= 0.6 is 11.6 Å². The Morgan fingerprint density at radius 3 is 2.70 bits per heavy atom. The number of hydrogen-bond acceptors (Lipinski definition) is 4. The summed E-state index contributed by atoms with van der Waals surface area (Å²) in [5, 5.41) is 10.4. The molecule has 2 heterocycles. The molecule has 1 aromatic heterocycles. The number of halogens is 1. The van der Waals surface area contributed by atoms with Gasteiger partial charge in [0.15, 0.2) is 0 Å². The van der Waals surface area contributed by atoms with E-state index >= 15 is 0 Å². The molecule has 2 N–H and O–H groups in total. The fourth-order valence-electron chi connectivity index (χ4n) is 3.06. The summed E-state index contributed by atoms with van der Waals surface area (Å²) in [6.07, 6.45) is 0.225. The van der Waals surface area contributed by atoms with Gasteiger partial charge in [-0.2, -0.15) is 4.98 Å². The van der Waals surface area contributed by atoms with Crippen LogP contribution in [0.15, 0.2) is 48.5 Å². The maximum absolute atomic E-state index is 12.5. The van der Waals surface area contributed by atoms with E-state index in [4.69, 9.17) is 11.6 Å². The van der Waals surface area contributed by atoms with Crippen LogP contribution in [0, 0.1) is 6.92 Å². The number of anilines is 2. The summed E-state index contributed by atoms with van der Waals surface area (Å²) in [6, 6.07) is 14.2. The third-order valence-corrected chi connectivity index (χ3v) is 4.68. The van der Waals surface area contributed by atoms with Crippen LogP contribution in [0.5, 0.6) is 0 Å². The van der Waals surface area contributed by atoms with Gasteiger partial charge in [-0.1, -0.05) is 41.9 Å². The van der Waals surface area contributed by atoms with Crippen molar-refractivity contribution >= 4 is 35.3 Å². The summed E-state index contributed by atoms with van der Waals surface area (Å²) in [7, 11) is 0. The van der Waals surface area contributed by atoms with Gasteiger partial charge < -0.3 is 0 Å². The summed E-state index contributed by atoms with van der Waals surface area (Å²) in [5.41, 5.74) is 2.28. The Bertz CT molecular complexity index is 1030. The van der Waals surface area contributed by atoms with Gasteiger partial charge in [0.05, 0.1) is 12.5 Å². The van der Waals surface area contributed by atoms with Gasteiger partial charge in [0.1, 0.15) is 0 Å². The highest BCUT2D eigenvalue weighted by Gasteiger charge is 2.29. The molecule has 3 aromatic rings. The van der Waals surface area contributed by atoms with Gasteiger partial charge in [0.25, 0.3) is 11.9 Å². The molecular weight excluding hydrogens is 366 g/mol. The highest BCUT2D eigenvalue weighted by molar-refractivity contribution is 6.30. The Morgan fingerprint density at radius 2 is 1.96 bits per heavy atom. The van der Waals surface area contributed by atoms with Crippen molar-refractivity contribution in [2.45, 2.75) is 19.4 Å². The van der Waals surface area contributed by atoms with E-state index in [2.05, 4.69) is 20.7 Å². The molecule has 1 aliphatic rings. The highest BCUT2D eigenvalue weighted by Crippen LogP contribution is 2.30. The summed E-state index contributed by atoms with van der Waals surface area (Å²) in [4.78, 5) is 28.8. The molecule has 0 saturated carbocycles. The van der Waals surface area contributed by atoms with Crippen LogP contribution in [-0.4, -0.2) is 26.6 Å². The normalized spacial score (nSPS) is 15.8. The van der Waals surface area contributed by atoms with Gasteiger partial charge in [-0.15, -0.1) is 5.10 Å². The second-order valence-corrected chi connectivity index (χ2v) is 6.73. The van der Waals surface area contributed by atoms with Gasteiger partial charge in [0.2, 0.25) is 11.9 Å². The molecule has 0 radical (unpaired) electrons. The number of aromatic nitrogens is 3. The molecule has 4 rings (SSSR count). The predicted molar refractivity (Wildman–Crippen MR) is 102 cm³/mol. The first-order chi connectivity index (χ1) is 13.0. The molecule has 2 aromatic carbocycles. The first-order valence-corrected chi connectivity index (χ1v) is 8.78. The molecule has 27 heavy (non-hydrogen) atoms. The van der Waals surface area contributed by atoms with Gasteiger partial charge in [-0.3, -0.25) is 20.2 Å². The number of carbonyl (C=O) groups is 2. The van der Waals surface area contributed by atoms with Crippen LogP contribution < -0.4 is 10.6 Å². The molecule has 8 heteroatoms. The molecule has 1 atom stereocenters. The number of carbonyl (C=O) groups excluding carboxylic acids is 2. The molecule has 2 amide bonds. The molecule has 0 unspecified atom stereocenters. The largest absolute Gasteiger partial charge is 0.295 e. The number of aryl methyl sites for hydroxylation is 1. The fourth-order valence-corrected chi connectivity index (χ4v) is 3.18. The van der Waals surface area contributed by atoms with Crippen molar-refractivity contribution in [3.63, 3.8) is 0 Å². The van der Waals surface area contributed by atoms with E-state index in [-0.39, 0.29) is 30.2 Å². The third kappa shape index (κ3) is 3.41. The van der Waals surface area contributed by atoms with Crippen molar-refractivity contribution in [3.8, 4) is 0 Å². The number of amides is 2. The predicted octanol–water partition coefficient (Wildman–Crippen LogP) is 3.42. The Kier molecular flexibility index (Phi) is 4.37. The zero-order valence-electron chi connectivity index (χ0n) is 14.4. The van der Waals surface area contributed by atoms with Crippen molar-refractivity contribution in [2.75, 3.05) is 10.6 Å². The molecule has 0 bridgehead atoms. The molecule has 136 valence electrons. The van der Waals surface area contributed by atoms with E-state index in [1.54, 1.807) is 28.9 Å². The Morgan fingerprint density at radius 1 is 1.22 bits per heavy atom. The number of fused-ring (bicyclic) bond motifs is 1. The summed E-state index contributed by atoms with van der Waals surface area (Å²) >= 11 is 5.95. The minimum atomic E-state index is -0.317. The van der Waals surface area contributed by atoms with Crippen molar-refractivity contribution < 1.29 is 9.59 Å². The van der Waals surface area contributed by atoms with Crippen molar-refractivity contribution in [3.05, 3.63) is 70.2 Å². The lowest BCUT2D eigenvalue weighted by molar-refractivity contribution is -0.117. The van der Waals surface area contributed by atoms with Crippen LogP contribution in [0.1, 0.15) is 33.9 Å². The SMILES string of the molecule is Cc1ccccc1C(=O)Nc1nc2n(n1)[C@@H](c1ccc(Cl)cc1)CC(=O)N2. The van der Waals surface area contributed by atoms with Crippen LogP contribution in [0.25, 0.3) is 0 Å². The minimum Gasteiger partial charge on any atom is -0.295 e. The van der Waals surface area contributed by atoms with E-state index in [0.29, 0.717) is 16.5 Å². The summed E-state index contributed by atoms with van der Waals surface area (Å²) in [6.45, 7) is 1.86. The molecular formula is C19H16ClN5O2. The number of rotatable bonds is 3. The number of hydrogen-bond donors (Lipinski definition) is 2. The van der Waals surface area contributed by atoms with E-state index < -0.39 is 0 Å². The maximum atomic E-state index is 12.5. The third-order valence-electron chi connectivity index (χ3n) is 4.43. The summed E-state index contributed by atoms with van der Waals surface area (Å²) in [5.74, 6) is -0.0252. The zero-order valence-corrected chi connectivity index (χ0v) is 15.2. The Balaban J connectivity index is 1.64.